The fraction of sp³-hybridized carbons (Fsp3) is 0.375. The van der Waals surface area contributed by atoms with Crippen molar-refractivity contribution in [1.82, 2.24) is 0 Å². The number of ether oxygens (including phenoxy) is 1. The highest BCUT2D eigenvalue weighted by atomic mass is 32.2. The molecule has 0 spiro atoms. The lowest BCUT2D eigenvalue weighted by atomic mass is 9.85. The Kier molecular flexibility index (Phi) is 2.54. The summed E-state index contributed by atoms with van der Waals surface area (Å²) < 4.78 is 5.97. The van der Waals surface area contributed by atoms with Crippen LogP contribution in [0, 0.1) is 5.92 Å². The van der Waals surface area contributed by atoms with Gasteiger partial charge in [0.1, 0.15) is 5.75 Å². The first kappa shape index (κ1) is 11.6. The van der Waals surface area contributed by atoms with Crippen LogP contribution in [0.15, 0.2) is 36.4 Å². The number of hydrogen-bond donors (Lipinski definition) is 1. The largest absolute Gasteiger partial charge is 0.462 e. The molecule has 2 aromatic rings. The molecule has 2 aliphatic heterocycles. The molecule has 4 rings (SSSR count). The van der Waals surface area contributed by atoms with Crippen molar-refractivity contribution in [2.75, 3.05) is 11.5 Å². The molecule has 0 bridgehead atoms. The summed E-state index contributed by atoms with van der Waals surface area (Å²) in [5.74, 6) is 2.10. The van der Waals surface area contributed by atoms with Crippen LogP contribution in [-0.2, 0) is 6.42 Å². The zero-order valence-corrected chi connectivity index (χ0v) is 11.5. The lowest BCUT2D eigenvalue weighted by Crippen LogP contribution is -2.51. The monoisotopic (exact) mass is 272 g/mol. The second kappa shape index (κ2) is 4.15. The summed E-state index contributed by atoms with van der Waals surface area (Å²) in [6.07, 6.45) is 1.65. The zero-order chi connectivity index (χ0) is 12.9. The second-order valence-electron chi connectivity index (χ2n) is 5.44. The molecule has 98 valence electrons. The predicted molar refractivity (Wildman–Crippen MR) is 78.7 cm³/mol. The number of thioether (sulfide) groups is 1. The van der Waals surface area contributed by atoms with E-state index < -0.39 is 5.79 Å². The van der Waals surface area contributed by atoms with Gasteiger partial charge in [0.15, 0.2) is 0 Å². The molecule has 2 heterocycles. The molecule has 3 heteroatoms. The minimum absolute atomic E-state index is 0.213. The van der Waals surface area contributed by atoms with Crippen LogP contribution in [0.25, 0.3) is 10.8 Å². The third-order valence-corrected chi connectivity index (χ3v) is 5.43. The molecule has 1 saturated heterocycles. The Morgan fingerprint density at radius 3 is 3.05 bits per heavy atom. The minimum atomic E-state index is -0.944. The van der Waals surface area contributed by atoms with E-state index in [-0.39, 0.29) is 5.92 Å². The molecule has 2 aromatic carbocycles. The smallest absolute Gasteiger partial charge is 0.212 e. The van der Waals surface area contributed by atoms with Gasteiger partial charge in [0.05, 0.1) is 0 Å². The molecule has 0 radical (unpaired) electrons. The lowest BCUT2D eigenvalue weighted by molar-refractivity contribution is -0.183. The van der Waals surface area contributed by atoms with Gasteiger partial charge in [0, 0.05) is 23.7 Å². The van der Waals surface area contributed by atoms with Gasteiger partial charge in [-0.2, -0.15) is 11.8 Å². The van der Waals surface area contributed by atoms with E-state index in [9.17, 15) is 5.11 Å². The van der Waals surface area contributed by atoms with Crippen LogP contribution in [0.3, 0.4) is 0 Å². The van der Waals surface area contributed by atoms with E-state index >= 15 is 0 Å². The van der Waals surface area contributed by atoms with Crippen LogP contribution in [0.4, 0.5) is 0 Å². The Morgan fingerprint density at radius 2 is 2.11 bits per heavy atom. The molecule has 2 nitrogen and oxygen atoms in total. The summed E-state index contributed by atoms with van der Waals surface area (Å²) in [6.45, 7) is 0. The number of fused-ring (bicyclic) bond motifs is 4. The SMILES string of the molecule is OC12CCSCC1Cc1c(ccc3ccccc13)O2. The number of benzene rings is 2. The van der Waals surface area contributed by atoms with Crippen molar-refractivity contribution in [3.05, 3.63) is 42.0 Å². The molecule has 1 fully saturated rings. The number of aliphatic hydroxyl groups is 1. The summed E-state index contributed by atoms with van der Waals surface area (Å²) in [5, 5.41) is 13.2. The van der Waals surface area contributed by atoms with Crippen molar-refractivity contribution in [3.8, 4) is 5.75 Å². The molecular weight excluding hydrogens is 256 g/mol. The van der Waals surface area contributed by atoms with Gasteiger partial charge in [0.2, 0.25) is 5.79 Å². The summed E-state index contributed by atoms with van der Waals surface area (Å²) in [4.78, 5) is 0. The van der Waals surface area contributed by atoms with E-state index in [0.717, 1.165) is 30.1 Å². The number of hydrogen-bond acceptors (Lipinski definition) is 3. The first-order valence-corrected chi connectivity index (χ1v) is 7.91. The Balaban J connectivity index is 1.87. The molecular formula is C16H16O2S. The van der Waals surface area contributed by atoms with Gasteiger partial charge in [-0.25, -0.2) is 0 Å². The summed E-state index contributed by atoms with van der Waals surface area (Å²) >= 11 is 1.92. The molecule has 2 atom stereocenters. The first-order valence-electron chi connectivity index (χ1n) is 6.76. The van der Waals surface area contributed by atoms with Crippen LogP contribution >= 0.6 is 11.8 Å². The quantitative estimate of drug-likeness (QED) is 0.798. The van der Waals surface area contributed by atoms with Gasteiger partial charge < -0.3 is 9.84 Å². The third-order valence-electron chi connectivity index (χ3n) is 4.30. The molecule has 1 N–H and O–H groups in total. The summed E-state index contributed by atoms with van der Waals surface area (Å²) in [6, 6.07) is 12.5. The van der Waals surface area contributed by atoms with Gasteiger partial charge in [-0.3, -0.25) is 0 Å². The van der Waals surface area contributed by atoms with Crippen molar-refractivity contribution in [2.45, 2.75) is 18.6 Å². The van der Waals surface area contributed by atoms with Crippen LogP contribution in [0.1, 0.15) is 12.0 Å². The Morgan fingerprint density at radius 1 is 1.21 bits per heavy atom. The maximum absolute atomic E-state index is 10.7. The highest BCUT2D eigenvalue weighted by molar-refractivity contribution is 7.99. The van der Waals surface area contributed by atoms with E-state index in [2.05, 4.69) is 30.3 Å². The van der Waals surface area contributed by atoms with Crippen LogP contribution in [-0.4, -0.2) is 22.4 Å². The fourth-order valence-corrected chi connectivity index (χ4v) is 4.46. The second-order valence-corrected chi connectivity index (χ2v) is 6.59. The Labute approximate surface area is 116 Å². The molecule has 2 unspecified atom stereocenters. The standard InChI is InChI=1S/C16H16O2S/c17-16-7-8-19-10-12(16)9-14-13-4-2-1-3-11(13)5-6-15(14)18-16/h1-6,12,17H,7-10H2. The predicted octanol–water partition coefficient (Wildman–Crippen LogP) is 3.22. The molecule has 19 heavy (non-hydrogen) atoms. The summed E-state index contributed by atoms with van der Waals surface area (Å²) in [7, 11) is 0. The third kappa shape index (κ3) is 1.76. The van der Waals surface area contributed by atoms with Crippen LogP contribution < -0.4 is 4.74 Å². The molecule has 0 aromatic heterocycles. The van der Waals surface area contributed by atoms with Crippen molar-refractivity contribution < 1.29 is 9.84 Å². The fourth-order valence-electron chi connectivity index (χ4n) is 3.19. The number of rotatable bonds is 0. The molecule has 0 saturated carbocycles. The van der Waals surface area contributed by atoms with E-state index in [4.69, 9.17) is 4.74 Å². The van der Waals surface area contributed by atoms with Crippen molar-refractivity contribution >= 4 is 22.5 Å². The molecule has 0 aliphatic carbocycles. The van der Waals surface area contributed by atoms with Gasteiger partial charge in [-0.05, 0) is 29.0 Å². The highest BCUT2D eigenvalue weighted by Gasteiger charge is 2.45. The van der Waals surface area contributed by atoms with Crippen LogP contribution in [0.5, 0.6) is 5.75 Å². The van der Waals surface area contributed by atoms with Gasteiger partial charge >= 0.3 is 0 Å². The van der Waals surface area contributed by atoms with Gasteiger partial charge in [-0.15, -0.1) is 0 Å². The summed E-state index contributed by atoms with van der Waals surface area (Å²) in [5.41, 5.74) is 1.26. The topological polar surface area (TPSA) is 29.5 Å². The minimum Gasteiger partial charge on any atom is -0.462 e. The van der Waals surface area contributed by atoms with Gasteiger partial charge in [-0.1, -0.05) is 30.3 Å². The lowest BCUT2D eigenvalue weighted by Gasteiger charge is -2.43. The maximum Gasteiger partial charge on any atom is 0.212 e. The van der Waals surface area contributed by atoms with E-state index in [0.29, 0.717) is 0 Å². The molecule has 2 aliphatic rings. The normalized spacial score (nSPS) is 29.4. The van der Waals surface area contributed by atoms with Crippen LogP contribution in [0.2, 0.25) is 0 Å². The first-order chi connectivity index (χ1) is 9.26. The zero-order valence-electron chi connectivity index (χ0n) is 10.6. The maximum atomic E-state index is 10.7. The average molecular weight is 272 g/mol. The van der Waals surface area contributed by atoms with E-state index in [1.54, 1.807) is 0 Å². The average Bonchev–Trinajstić information content (AvgIpc) is 2.44. The van der Waals surface area contributed by atoms with Crippen molar-refractivity contribution in [1.29, 1.82) is 0 Å². The van der Waals surface area contributed by atoms with Crippen molar-refractivity contribution in [3.63, 3.8) is 0 Å². The highest BCUT2D eigenvalue weighted by Crippen LogP contribution is 2.44. The van der Waals surface area contributed by atoms with E-state index in [1.807, 2.05) is 17.8 Å². The Hall–Kier alpha value is -1.19. The van der Waals surface area contributed by atoms with E-state index in [1.165, 1.54) is 16.3 Å². The van der Waals surface area contributed by atoms with Crippen molar-refractivity contribution in [2.24, 2.45) is 5.92 Å². The van der Waals surface area contributed by atoms with Gasteiger partial charge in [0.25, 0.3) is 0 Å². The Bertz CT molecular complexity index is 640. The molecule has 0 amide bonds.